The Morgan fingerprint density at radius 2 is 2.09 bits per heavy atom. The summed E-state index contributed by atoms with van der Waals surface area (Å²) in [4.78, 5) is 20.2. The standard InChI is InChI=1S/C29H36N2O3S/c1-21-6-3-9-25(18-21)35-17-5-15-31-16-13-23(27(20-31)29(32)33)8-4-7-22-12-14-30-28-11-10-24(34-2)19-26(22)28/h3,6,9-12,14,18-19,23,27H,4-5,7-8,13,15-17,20H2,1-2H3,(H,32,33)/t23-,27+/m1/s1. The fourth-order valence-corrected chi connectivity index (χ4v) is 6.11. The molecule has 0 aliphatic carbocycles. The Balaban J connectivity index is 1.26. The lowest BCUT2D eigenvalue weighted by molar-refractivity contribution is -0.146. The molecule has 0 unspecified atom stereocenters. The lowest BCUT2D eigenvalue weighted by Crippen LogP contribution is -2.44. The number of carboxylic acid groups (broad SMARTS) is 1. The number of hydrogen-bond donors (Lipinski definition) is 1. The second kappa shape index (κ2) is 12.4. The van der Waals surface area contributed by atoms with Crippen LogP contribution in [0.2, 0.25) is 0 Å². The van der Waals surface area contributed by atoms with E-state index in [1.807, 2.05) is 36.2 Å². The van der Waals surface area contributed by atoms with Crippen molar-refractivity contribution in [2.45, 2.75) is 43.9 Å². The average Bonchev–Trinajstić information content (AvgIpc) is 2.87. The third-order valence-corrected chi connectivity index (χ3v) is 8.17. The van der Waals surface area contributed by atoms with E-state index in [0.29, 0.717) is 6.54 Å². The third kappa shape index (κ3) is 6.98. The highest BCUT2D eigenvalue weighted by atomic mass is 32.2. The summed E-state index contributed by atoms with van der Waals surface area (Å²) in [5.74, 6) is 1.22. The number of carboxylic acids is 1. The van der Waals surface area contributed by atoms with Gasteiger partial charge in [-0.05, 0) is 106 Å². The second-order valence-corrected chi connectivity index (χ2v) is 10.7. The number of hydrogen-bond acceptors (Lipinski definition) is 5. The van der Waals surface area contributed by atoms with E-state index in [0.717, 1.165) is 67.6 Å². The molecule has 2 aromatic carbocycles. The van der Waals surface area contributed by atoms with Crippen molar-refractivity contribution in [3.05, 3.63) is 65.9 Å². The van der Waals surface area contributed by atoms with E-state index in [9.17, 15) is 9.90 Å². The molecule has 0 saturated carbocycles. The minimum absolute atomic E-state index is 0.244. The number of rotatable bonds is 11. The van der Waals surface area contributed by atoms with E-state index in [1.165, 1.54) is 16.0 Å². The zero-order valence-electron chi connectivity index (χ0n) is 20.8. The number of nitrogens with zero attached hydrogens (tertiary/aromatic N) is 2. The van der Waals surface area contributed by atoms with Crippen LogP contribution in [-0.4, -0.2) is 53.5 Å². The number of likely N-dealkylation sites (tertiary alicyclic amines) is 1. The van der Waals surface area contributed by atoms with Gasteiger partial charge >= 0.3 is 5.97 Å². The smallest absolute Gasteiger partial charge is 0.308 e. The van der Waals surface area contributed by atoms with Gasteiger partial charge in [0.05, 0.1) is 18.5 Å². The molecule has 2 atom stereocenters. The quantitative estimate of drug-likeness (QED) is 0.259. The van der Waals surface area contributed by atoms with Crippen molar-refractivity contribution in [2.75, 3.05) is 32.5 Å². The summed E-state index contributed by atoms with van der Waals surface area (Å²) in [5, 5.41) is 11.1. The van der Waals surface area contributed by atoms with Crippen molar-refractivity contribution in [3.8, 4) is 5.75 Å². The Labute approximate surface area is 212 Å². The molecule has 6 heteroatoms. The third-order valence-electron chi connectivity index (χ3n) is 7.09. The van der Waals surface area contributed by atoms with E-state index in [1.54, 1.807) is 7.11 Å². The molecular formula is C29H36N2O3S. The first-order valence-corrected chi connectivity index (χ1v) is 13.6. The fourth-order valence-electron chi connectivity index (χ4n) is 5.16. The van der Waals surface area contributed by atoms with Gasteiger partial charge in [0.25, 0.3) is 0 Å². The van der Waals surface area contributed by atoms with Crippen LogP contribution in [0.1, 0.15) is 36.8 Å². The van der Waals surface area contributed by atoms with Gasteiger partial charge in [-0.3, -0.25) is 9.78 Å². The highest BCUT2D eigenvalue weighted by Crippen LogP contribution is 2.30. The number of fused-ring (bicyclic) bond motifs is 1. The van der Waals surface area contributed by atoms with Crippen molar-refractivity contribution in [2.24, 2.45) is 11.8 Å². The van der Waals surface area contributed by atoms with Gasteiger partial charge in [0.1, 0.15) is 5.75 Å². The van der Waals surface area contributed by atoms with Gasteiger partial charge in [0.2, 0.25) is 0 Å². The molecule has 3 aromatic rings. The molecule has 1 fully saturated rings. The first kappa shape index (κ1) is 25.5. The minimum atomic E-state index is -0.645. The average molecular weight is 493 g/mol. The van der Waals surface area contributed by atoms with Gasteiger partial charge in [0.15, 0.2) is 0 Å². The summed E-state index contributed by atoms with van der Waals surface area (Å²) in [6.45, 7) is 4.76. The first-order valence-electron chi connectivity index (χ1n) is 12.6. The lowest BCUT2D eigenvalue weighted by atomic mass is 9.81. The second-order valence-electron chi connectivity index (χ2n) is 9.56. The highest BCUT2D eigenvalue weighted by Gasteiger charge is 2.33. The number of pyridine rings is 1. The molecular weight excluding hydrogens is 456 g/mol. The van der Waals surface area contributed by atoms with Gasteiger partial charge < -0.3 is 14.7 Å². The molecule has 1 aliphatic heterocycles. The summed E-state index contributed by atoms with van der Waals surface area (Å²) in [6.07, 6.45) is 6.76. The molecule has 4 rings (SSSR count). The minimum Gasteiger partial charge on any atom is -0.497 e. The maximum atomic E-state index is 12.1. The van der Waals surface area contributed by atoms with Gasteiger partial charge in [-0.15, -0.1) is 11.8 Å². The Morgan fingerprint density at radius 1 is 1.20 bits per heavy atom. The summed E-state index contributed by atoms with van der Waals surface area (Å²) in [6, 6.07) is 16.7. The molecule has 0 spiro atoms. The Morgan fingerprint density at radius 3 is 2.89 bits per heavy atom. The molecule has 2 heterocycles. The predicted octanol–water partition coefficient (Wildman–Crippen LogP) is 6.08. The topological polar surface area (TPSA) is 62.7 Å². The monoisotopic (exact) mass is 492 g/mol. The maximum absolute atomic E-state index is 12.1. The van der Waals surface area contributed by atoms with Crippen LogP contribution in [0.3, 0.4) is 0 Å². The van der Waals surface area contributed by atoms with Crippen molar-refractivity contribution in [1.82, 2.24) is 9.88 Å². The van der Waals surface area contributed by atoms with E-state index in [2.05, 4.69) is 47.1 Å². The molecule has 1 saturated heterocycles. The Kier molecular flexibility index (Phi) is 9.05. The van der Waals surface area contributed by atoms with E-state index >= 15 is 0 Å². The maximum Gasteiger partial charge on any atom is 0.308 e. The highest BCUT2D eigenvalue weighted by molar-refractivity contribution is 7.99. The van der Waals surface area contributed by atoms with Crippen molar-refractivity contribution in [3.63, 3.8) is 0 Å². The molecule has 1 aromatic heterocycles. The van der Waals surface area contributed by atoms with Crippen LogP contribution in [0, 0.1) is 18.8 Å². The molecule has 0 amide bonds. The number of carbonyl (C=O) groups is 1. The van der Waals surface area contributed by atoms with E-state index in [-0.39, 0.29) is 11.8 Å². The molecule has 1 N–H and O–H groups in total. The fraction of sp³-hybridized carbons (Fsp3) is 0.448. The normalized spacial score (nSPS) is 18.6. The van der Waals surface area contributed by atoms with Gasteiger partial charge in [-0.2, -0.15) is 0 Å². The first-order chi connectivity index (χ1) is 17.0. The number of benzene rings is 2. The van der Waals surface area contributed by atoms with Crippen LogP contribution in [0.4, 0.5) is 0 Å². The molecule has 0 bridgehead atoms. The molecule has 0 radical (unpaired) electrons. The lowest BCUT2D eigenvalue weighted by Gasteiger charge is -2.36. The van der Waals surface area contributed by atoms with Crippen LogP contribution in [0.15, 0.2) is 59.6 Å². The molecule has 186 valence electrons. The van der Waals surface area contributed by atoms with E-state index < -0.39 is 5.97 Å². The summed E-state index contributed by atoms with van der Waals surface area (Å²) in [5.41, 5.74) is 3.52. The van der Waals surface area contributed by atoms with Crippen molar-refractivity contribution in [1.29, 1.82) is 0 Å². The van der Waals surface area contributed by atoms with Crippen LogP contribution >= 0.6 is 11.8 Å². The van der Waals surface area contributed by atoms with Crippen molar-refractivity contribution < 1.29 is 14.6 Å². The van der Waals surface area contributed by atoms with Gasteiger partial charge in [-0.25, -0.2) is 0 Å². The summed E-state index contributed by atoms with van der Waals surface area (Å²) >= 11 is 1.89. The van der Waals surface area contributed by atoms with Crippen LogP contribution in [0.25, 0.3) is 10.9 Å². The zero-order chi connectivity index (χ0) is 24.6. The number of aliphatic carboxylic acids is 1. The number of aryl methyl sites for hydroxylation is 2. The number of piperidine rings is 1. The Hall–Kier alpha value is -2.57. The van der Waals surface area contributed by atoms with Crippen LogP contribution in [0.5, 0.6) is 5.75 Å². The Bertz CT molecular complexity index is 1140. The number of aromatic nitrogens is 1. The van der Waals surface area contributed by atoms with Crippen LogP contribution in [-0.2, 0) is 11.2 Å². The molecule has 1 aliphatic rings. The number of ether oxygens (including phenoxy) is 1. The zero-order valence-corrected chi connectivity index (χ0v) is 21.6. The van der Waals surface area contributed by atoms with Gasteiger partial charge in [-0.1, -0.05) is 17.7 Å². The van der Waals surface area contributed by atoms with E-state index in [4.69, 9.17) is 4.74 Å². The predicted molar refractivity (Wildman–Crippen MR) is 143 cm³/mol. The van der Waals surface area contributed by atoms with Crippen molar-refractivity contribution >= 4 is 28.6 Å². The largest absolute Gasteiger partial charge is 0.497 e. The number of methoxy groups -OCH3 is 1. The van der Waals surface area contributed by atoms with Crippen LogP contribution < -0.4 is 4.74 Å². The SMILES string of the molecule is COc1ccc2nccc(CCC[C@@H]3CCN(CCCSc4cccc(C)c4)C[C@@H]3C(=O)O)c2c1. The van der Waals surface area contributed by atoms with Gasteiger partial charge in [0, 0.05) is 23.0 Å². The molecule has 5 nitrogen and oxygen atoms in total. The number of thioether (sulfide) groups is 1. The summed E-state index contributed by atoms with van der Waals surface area (Å²) < 4.78 is 5.39. The summed E-state index contributed by atoms with van der Waals surface area (Å²) in [7, 11) is 1.68. The molecule has 35 heavy (non-hydrogen) atoms.